The molecular weight excluding hydrogens is 450 g/mol. The van der Waals surface area contributed by atoms with Crippen LogP contribution in [0, 0.1) is 6.92 Å². The Balaban J connectivity index is 1.51. The Bertz CT molecular complexity index is 1330. The SMILES string of the molecule is C=Nc1nc(-c2cccc(Oc3ccccc3)c2)c(Cl)cc1NCOc1ccc(C)c(C=O)c1. The molecule has 0 radical (unpaired) electrons. The van der Waals surface area contributed by atoms with Crippen molar-refractivity contribution in [1.29, 1.82) is 0 Å². The van der Waals surface area contributed by atoms with Crippen LogP contribution in [0.15, 0.2) is 83.9 Å². The first kappa shape index (κ1) is 23.0. The first-order valence-electron chi connectivity index (χ1n) is 10.5. The van der Waals surface area contributed by atoms with E-state index in [0.29, 0.717) is 39.3 Å². The number of aldehydes is 1. The van der Waals surface area contributed by atoms with Gasteiger partial charge in [-0.25, -0.2) is 9.98 Å². The number of carbonyl (C=O) groups excluding carboxylic acids is 1. The summed E-state index contributed by atoms with van der Waals surface area (Å²) in [6.07, 6.45) is 0.803. The van der Waals surface area contributed by atoms with Crippen molar-refractivity contribution in [2.75, 3.05) is 12.0 Å². The van der Waals surface area contributed by atoms with Crippen LogP contribution in [-0.2, 0) is 0 Å². The standard InChI is InChI=1S/C27H22ClN3O3/c1-18-11-12-22(14-20(18)16-32)33-17-30-25-15-24(28)26(31-27(25)29-2)19-7-6-10-23(13-19)34-21-8-4-3-5-9-21/h3-16,30H,2,17H2,1H3. The molecule has 0 saturated carbocycles. The second-order valence-electron chi connectivity index (χ2n) is 7.39. The molecule has 1 aromatic heterocycles. The molecule has 6 nitrogen and oxygen atoms in total. The monoisotopic (exact) mass is 471 g/mol. The number of rotatable bonds is 9. The highest BCUT2D eigenvalue weighted by Crippen LogP contribution is 2.35. The van der Waals surface area contributed by atoms with E-state index in [0.717, 1.165) is 23.2 Å². The molecule has 0 bridgehead atoms. The van der Waals surface area contributed by atoms with Gasteiger partial charge in [-0.1, -0.05) is 48.0 Å². The number of para-hydroxylation sites is 1. The van der Waals surface area contributed by atoms with Crippen LogP contribution in [0.4, 0.5) is 11.5 Å². The van der Waals surface area contributed by atoms with Crippen molar-refractivity contribution in [2.24, 2.45) is 4.99 Å². The lowest BCUT2D eigenvalue weighted by atomic mass is 10.1. The minimum atomic E-state index is 0.127. The third-order valence-corrected chi connectivity index (χ3v) is 5.36. The van der Waals surface area contributed by atoms with Gasteiger partial charge in [-0.3, -0.25) is 4.79 Å². The van der Waals surface area contributed by atoms with E-state index in [4.69, 9.17) is 21.1 Å². The van der Waals surface area contributed by atoms with Crippen molar-refractivity contribution in [1.82, 2.24) is 4.98 Å². The number of aliphatic imine (C=N–C) groups is 1. The Hall–Kier alpha value is -4.16. The summed E-state index contributed by atoms with van der Waals surface area (Å²) in [5.74, 6) is 2.35. The third kappa shape index (κ3) is 5.42. The quantitative estimate of drug-likeness (QED) is 0.160. The first-order chi connectivity index (χ1) is 16.6. The Morgan fingerprint density at radius 1 is 1.00 bits per heavy atom. The van der Waals surface area contributed by atoms with E-state index in [1.807, 2.05) is 67.6 Å². The van der Waals surface area contributed by atoms with Crippen LogP contribution in [0.5, 0.6) is 17.2 Å². The summed E-state index contributed by atoms with van der Waals surface area (Å²) in [5, 5.41) is 3.55. The fourth-order valence-corrected chi connectivity index (χ4v) is 3.56. The fourth-order valence-electron chi connectivity index (χ4n) is 3.30. The van der Waals surface area contributed by atoms with Gasteiger partial charge in [-0.2, -0.15) is 0 Å². The van der Waals surface area contributed by atoms with Gasteiger partial charge in [-0.15, -0.1) is 0 Å². The van der Waals surface area contributed by atoms with Crippen LogP contribution in [0.3, 0.4) is 0 Å². The van der Waals surface area contributed by atoms with Crippen LogP contribution in [0.25, 0.3) is 11.3 Å². The topological polar surface area (TPSA) is 72.8 Å². The van der Waals surface area contributed by atoms with Crippen molar-refractivity contribution in [3.63, 3.8) is 0 Å². The lowest BCUT2D eigenvalue weighted by molar-refractivity contribution is 0.112. The molecule has 0 aliphatic carbocycles. The predicted molar refractivity (Wildman–Crippen MR) is 136 cm³/mol. The second kappa shape index (κ2) is 10.6. The Morgan fingerprint density at radius 2 is 1.79 bits per heavy atom. The van der Waals surface area contributed by atoms with E-state index in [1.54, 1.807) is 18.2 Å². The Labute approximate surface area is 202 Å². The lowest BCUT2D eigenvalue weighted by Crippen LogP contribution is -2.10. The maximum atomic E-state index is 11.1. The van der Waals surface area contributed by atoms with Crippen molar-refractivity contribution >= 4 is 36.1 Å². The van der Waals surface area contributed by atoms with Gasteiger partial charge in [0, 0.05) is 11.1 Å². The van der Waals surface area contributed by atoms with Gasteiger partial charge < -0.3 is 14.8 Å². The van der Waals surface area contributed by atoms with Crippen LogP contribution < -0.4 is 14.8 Å². The number of aryl methyl sites for hydroxylation is 1. The van der Waals surface area contributed by atoms with E-state index in [-0.39, 0.29) is 6.73 Å². The molecule has 0 amide bonds. The fraction of sp³-hybridized carbons (Fsp3) is 0.0741. The molecule has 34 heavy (non-hydrogen) atoms. The normalized spacial score (nSPS) is 10.4. The lowest BCUT2D eigenvalue weighted by Gasteiger charge is -2.14. The summed E-state index contributed by atoms with van der Waals surface area (Å²) >= 11 is 6.57. The molecule has 170 valence electrons. The van der Waals surface area contributed by atoms with Crippen molar-refractivity contribution < 1.29 is 14.3 Å². The smallest absolute Gasteiger partial charge is 0.175 e. The van der Waals surface area contributed by atoms with Crippen LogP contribution >= 0.6 is 11.6 Å². The molecular formula is C27H22ClN3O3. The molecule has 0 saturated heterocycles. The highest BCUT2D eigenvalue weighted by molar-refractivity contribution is 6.33. The number of carbonyl (C=O) groups is 1. The summed E-state index contributed by atoms with van der Waals surface area (Å²) < 4.78 is 11.6. The maximum Gasteiger partial charge on any atom is 0.175 e. The summed E-state index contributed by atoms with van der Waals surface area (Å²) in [5.41, 5.74) is 3.38. The van der Waals surface area contributed by atoms with E-state index < -0.39 is 0 Å². The van der Waals surface area contributed by atoms with Crippen LogP contribution in [0.2, 0.25) is 5.02 Å². The average molecular weight is 472 g/mol. The zero-order chi connectivity index (χ0) is 23.9. The number of hydrogen-bond donors (Lipinski definition) is 1. The summed E-state index contributed by atoms with van der Waals surface area (Å²) in [6, 6.07) is 24.1. The molecule has 1 heterocycles. The molecule has 4 rings (SSSR count). The Morgan fingerprint density at radius 3 is 2.56 bits per heavy atom. The molecule has 0 fully saturated rings. The van der Waals surface area contributed by atoms with Gasteiger partial charge in [0.15, 0.2) is 12.5 Å². The molecule has 0 unspecified atom stereocenters. The van der Waals surface area contributed by atoms with Gasteiger partial charge in [0.25, 0.3) is 0 Å². The zero-order valence-corrected chi connectivity index (χ0v) is 19.3. The highest BCUT2D eigenvalue weighted by Gasteiger charge is 2.13. The van der Waals surface area contributed by atoms with Gasteiger partial charge in [0.05, 0.1) is 16.4 Å². The number of hydrogen-bond acceptors (Lipinski definition) is 6. The maximum absolute atomic E-state index is 11.1. The average Bonchev–Trinajstić information content (AvgIpc) is 2.86. The zero-order valence-electron chi connectivity index (χ0n) is 18.5. The molecule has 0 aliphatic heterocycles. The van der Waals surface area contributed by atoms with Crippen molar-refractivity contribution in [2.45, 2.75) is 6.92 Å². The summed E-state index contributed by atoms with van der Waals surface area (Å²) in [7, 11) is 0. The molecule has 1 N–H and O–H groups in total. The number of nitrogens with one attached hydrogen (secondary N) is 1. The van der Waals surface area contributed by atoms with E-state index >= 15 is 0 Å². The Kier molecular flexibility index (Phi) is 7.20. The minimum absolute atomic E-state index is 0.127. The number of nitrogens with zero attached hydrogens (tertiary/aromatic N) is 2. The molecule has 0 atom stereocenters. The van der Waals surface area contributed by atoms with E-state index in [1.165, 1.54) is 0 Å². The van der Waals surface area contributed by atoms with E-state index in [2.05, 4.69) is 22.0 Å². The first-order valence-corrected chi connectivity index (χ1v) is 10.9. The summed E-state index contributed by atoms with van der Waals surface area (Å²) in [4.78, 5) is 19.8. The van der Waals surface area contributed by atoms with E-state index in [9.17, 15) is 4.79 Å². The number of ether oxygens (including phenoxy) is 2. The number of anilines is 1. The molecule has 3 aromatic carbocycles. The molecule has 0 spiro atoms. The van der Waals surface area contributed by atoms with Crippen molar-refractivity contribution in [3.8, 4) is 28.5 Å². The van der Waals surface area contributed by atoms with Crippen molar-refractivity contribution in [3.05, 3.63) is 95.0 Å². The largest absolute Gasteiger partial charge is 0.473 e. The molecule has 7 heteroatoms. The van der Waals surface area contributed by atoms with Crippen LogP contribution in [0.1, 0.15) is 15.9 Å². The highest BCUT2D eigenvalue weighted by atomic mass is 35.5. The second-order valence-corrected chi connectivity index (χ2v) is 7.80. The number of aromatic nitrogens is 1. The van der Waals surface area contributed by atoms with Crippen LogP contribution in [-0.4, -0.2) is 24.7 Å². The van der Waals surface area contributed by atoms with Gasteiger partial charge in [0.1, 0.15) is 23.5 Å². The molecule has 4 aromatic rings. The predicted octanol–water partition coefficient (Wildman–Crippen LogP) is 7.10. The van der Waals surface area contributed by atoms with Gasteiger partial charge in [-0.05, 0) is 61.7 Å². The minimum Gasteiger partial charge on any atom is -0.473 e. The van der Waals surface area contributed by atoms with Gasteiger partial charge >= 0.3 is 0 Å². The number of pyridine rings is 1. The number of benzene rings is 3. The number of halogens is 1. The third-order valence-electron chi connectivity index (χ3n) is 5.07. The summed E-state index contributed by atoms with van der Waals surface area (Å²) in [6.45, 7) is 5.62. The van der Waals surface area contributed by atoms with Gasteiger partial charge in [0.2, 0.25) is 0 Å². The molecule has 0 aliphatic rings.